The third-order valence-electron chi connectivity index (χ3n) is 3.47. The minimum atomic E-state index is 0.384. The lowest BCUT2D eigenvalue weighted by molar-refractivity contribution is 0.320. The maximum atomic E-state index is 5.86. The molecule has 1 atom stereocenters. The highest BCUT2D eigenvalue weighted by molar-refractivity contribution is 5.34. The van der Waals surface area contributed by atoms with Gasteiger partial charge in [-0.2, -0.15) is 0 Å². The van der Waals surface area contributed by atoms with Gasteiger partial charge in [0.1, 0.15) is 5.82 Å². The molecule has 1 heterocycles. The monoisotopic (exact) mass is 219 g/mol. The van der Waals surface area contributed by atoms with Crippen LogP contribution in [0, 0.1) is 5.92 Å². The van der Waals surface area contributed by atoms with Crippen LogP contribution >= 0.6 is 0 Å². The fourth-order valence-corrected chi connectivity index (χ4v) is 2.54. The summed E-state index contributed by atoms with van der Waals surface area (Å²) in [5, 5.41) is 3.46. The van der Waals surface area contributed by atoms with E-state index in [1.165, 1.54) is 32.1 Å². The quantitative estimate of drug-likeness (QED) is 0.817. The van der Waals surface area contributed by atoms with E-state index in [4.69, 9.17) is 5.73 Å². The lowest BCUT2D eigenvalue weighted by Crippen LogP contribution is -2.37. The molecule has 3 N–H and O–H groups in total. The largest absolute Gasteiger partial charge is 0.366 e. The second-order valence-electron chi connectivity index (χ2n) is 4.60. The molecule has 1 aromatic heterocycles. The maximum Gasteiger partial charge on any atom is 0.126 e. The number of rotatable bonds is 4. The summed E-state index contributed by atoms with van der Waals surface area (Å²) in [5.41, 5.74) is 5.86. The third kappa shape index (κ3) is 2.95. The Morgan fingerprint density at radius 3 is 2.75 bits per heavy atom. The van der Waals surface area contributed by atoms with Gasteiger partial charge in [-0.15, -0.1) is 0 Å². The fraction of sp³-hybridized carbons (Fsp3) is 0.615. The molecule has 0 bridgehead atoms. The van der Waals surface area contributed by atoms with Crippen LogP contribution in [-0.4, -0.2) is 17.6 Å². The number of nitrogens with zero attached hydrogens (tertiary/aromatic N) is 1. The molecule has 0 amide bonds. The number of aromatic nitrogens is 1. The number of nitrogens with two attached hydrogens (primary N) is 1. The van der Waals surface area contributed by atoms with Crippen LogP contribution in [0.4, 0.5) is 5.82 Å². The molecule has 88 valence electrons. The zero-order chi connectivity index (χ0) is 11.2. The number of nitrogens with one attached hydrogen (secondary N) is 1. The predicted octanol–water partition coefficient (Wildman–Crippen LogP) is 2.40. The molecule has 2 rings (SSSR count). The highest BCUT2D eigenvalue weighted by atomic mass is 15.0. The molecule has 0 aliphatic heterocycles. The van der Waals surface area contributed by atoms with Gasteiger partial charge in [0, 0.05) is 18.8 Å². The van der Waals surface area contributed by atoms with Crippen molar-refractivity contribution in [2.24, 2.45) is 11.7 Å². The van der Waals surface area contributed by atoms with Crippen LogP contribution in [0.3, 0.4) is 0 Å². The zero-order valence-electron chi connectivity index (χ0n) is 9.73. The Bertz CT molecular complexity index is 293. The number of pyridine rings is 1. The molecule has 1 unspecified atom stereocenters. The first-order valence-electron chi connectivity index (χ1n) is 6.28. The van der Waals surface area contributed by atoms with Gasteiger partial charge >= 0.3 is 0 Å². The van der Waals surface area contributed by atoms with Gasteiger partial charge in [-0.05, 0) is 30.9 Å². The van der Waals surface area contributed by atoms with Gasteiger partial charge in [0.15, 0.2) is 0 Å². The van der Waals surface area contributed by atoms with Crippen LogP contribution in [0.2, 0.25) is 0 Å². The second-order valence-corrected chi connectivity index (χ2v) is 4.60. The van der Waals surface area contributed by atoms with E-state index in [0.29, 0.717) is 12.6 Å². The Labute approximate surface area is 97.5 Å². The summed E-state index contributed by atoms with van der Waals surface area (Å²) in [5.74, 6) is 1.67. The van der Waals surface area contributed by atoms with Crippen LogP contribution in [0.5, 0.6) is 0 Å². The summed E-state index contributed by atoms with van der Waals surface area (Å²) in [7, 11) is 0. The molecule has 0 saturated heterocycles. The average molecular weight is 219 g/mol. The SMILES string of the molecule is NCC(Nc1ccccn1)C1CCCCC1. The molecule has 0 radical (unpaired) electrons. The molecule has 1 fully saturated rings. The molecule has 0 aromatic carbocycles. The van der Waals surface area contributed by atoms with Gasteiger partial charge in [-0.1, -0.05) is 25.3 Å². The van der Waals surface area contributed by atoms with E-state index in [0.717, 1.165) is 11.7 Å². The smallest absolute Gasteiger partial charge is 0.126 e. The first-order chi connectivity index (χ1) is 7.90. The summed E-state index contributed by atoms with van der Waals surface area (Å²) in [6.45, 7) is 0.696. The van der Waals surface area contributed by atoms with Crippen molar-refractivity contribution in [1.82, 2.24) is 4.98 Å². The molecule has 1 aromatic rings. The third-order valence-corrected chi connectivity index (χ3v) is 3.47. The van der Waals surface area contributed by atoms with E-state index < -0.39 is 0 Å². The summed E-state index contributed by atoms with van der Waals surface area (Å²) >= 11 is 0. The Morgan fingerprint density at radius 1 is 1.31 bits per heavy atom. The van der Waals surface area contributed by atoms with Gasteiger partial charge in [0.25, 0.3) is 0 Å². The average Bonchev–Trinajstić information content (AvgIpc) is 2.38. The summed E-state index contributed by atoms with van der Waals surface area (Å²) in [6.07, 6.45) is 8.52. The summed E-state index contributed by atoms with van der Waals surface area (Å²) in [6, 6.07) is 6.33. The van der Waals surface area contributed by atoms with E-state index in [-0.39, 0.29) is 0 Å². The zero-order valence-corrected chi connectivity index (χ0v) is 9.73. The van der Waals surface area contributed by atoms with E-state index in [1.807, 2.05) is 24.4 Å². The Hall–Kier alpha value is -1.09. The highest BCUT2D eigenvalue weighted by Crippen LogP contribution is 2.27. The van der Waals surface area contributed by atoms with Gasteiger partial charge in [0.2, 0.25) is 0 Å². The van der Waals surface area contributed by atoms with Crippen molar-refractivity contribution in [2.45, 2.75) is 38.1 Å². The van der Waals surface area contributed by atoms with E-state index >= 15 is 0 Å². The molecule has 1 saturated carbocycles. The van der Waals surface area contributed by atoms with Crippen molar-refractivity contribution in [3.63, 3.8) is 0 Å². The van der Waals surface area contributed by atoms with Crippen molar-refractivity contribution in [3.05, 3.63) is 24.4 Å². The Balaban J connectivity index is 1.94. The topological polar surface area (TPSA) is 50.9 Å². The minimum Gasteiger partial charge on any atom is -0.366 e. The highest BCUT2D eigenvalue weighted by Gasteiger charge is 2.22. The Kier molecular flexibility index (Phi) is 4.17. The van der Waals surface area contributed by atoms with Crippen LogP contribution in [0.1, 0.15) is 32.1 Å². The second kappa shape index (κ2) is 5.85. The molecule has 16 heavy (non-hydrogen) atoms. The van der Waals surface area contributed by atoms with Crippen LogP contribution in [-0.2, 0) is 0 Å². The molecule has 3 heteroatoms. The minimum absolute atomic E-state index is 0.384. The first-order valence-corrected chi connectivity index (χ1v) is 6.28. The van der Waals surface area contributed by atoms with E-state index in [1.54, 1.807) is 0 Å². The molecule has 3 nitrogen and oxygen atoms in total. The molecule has 1 aliphatic rings. The van der Waals surface area contributed by atoms with Crippen molar-refractivity contribution in [3.8, 4) is 0 Å². The van der Waals surface area contributed by atoms with Crippen molar-refractivity contribution in [1.29, 1.82) is 0 Å². The van der Waals surface area contributed by atoms with Gasteiger partial charge in [-0.25, -0.2) is 4.98 Å². The van der Waals surface area contributed by atoms with E-state index in [2.05, 4.69) is 10.3 Å². The summed E-state index contributed by atoms with van der Waals surface area (Å²) < 4.78 is 0. The lowest BCUT2D eigenvalue weighted by Gasteiger charge is -2.30. The van der Waals surface area contributed by atoms with Gasteiger partial charge in [-0.3, -0.25) is 0 Å². The maximum absolute atomic E-state index is 5.86. The summed E-state index contributed by atoms with van der Waals surface area (Å²) in [4.78, 5) is 4.29. The van der Waals surface area contributed by atoms with Crippen LogP contribution in [0.15, 0.2) is 24.4 Å². The number of anilines is 1. The molecule has 1 aliphatic carbocycles. The molecular weight excluding hydrogens is 198 g/mol. The molecule has 0 spiro atoms. The van der Waals surface area contributed by atoms with Crippen molar-refractivity contribution >= 4 is 5.82 Å². The van der Waals surface area contributed by atoms with Crippen molar-refractivity contribution in [2.75, 3.05) is 11.9 Å². The predicted molar refractivity (Wildman–Crippen MR) is 67.3 cm³/mol. The van der Waals surface area contributed by atoms with Crippen LogP contribution < -0.4 is 11.1 Å². The van der Waals surface area contributed by atoms with Gasteiger partial charge in [0.05, 0.1) is 0 Å². The molecular formula is C13H21N3. The number of hydrogen-bond acceptors (Lipinski definition) is 3. The normalized spacial score (nSPS) is 19.3. The first kappa shape index (κ1) is 11.4. The standard InChI is InChI=1S/C13H21N3/c14-10-12(11-6-2-1-3-7-11)16-13-8-4-5-9-15-13/h4-5,8-9,11-12H,1-3,6-7,10,14H2,(H,15,16). The fourth-order valence-electron chi connectivity index (χ4n) is 2.54. The van der Waals surface area contributed by atoms with Gasteiger partial charge < -0.3 is 11.1 Å². The van der Waals surface area contributed by atoms with Crippen molar-refractivity contribution < 1.29 is 0 Å². The number of hydrogen-bond donors (Lipinski definition) is 2. The van der Waals surface area contributed by atoms with E-state index in [9.17, 15) is 0 Å². The lowest BCUT2D eigenvalue weighted by atomic mass is 9.84. The Morgan fingerprint density at radius 2 is 2.12 bits per heavy atom. The van der Waals surface area contributed by atoms with Crippen LogP contribution in [0.25, 0.3) is 0 Å².